The van der Waals surface area contributed by atoms with Crippen molar-refractivity contribution in [3.8, 4) is 0 Å². The monoisotopic (exact) mass is 311 g/mol. The topological polar surface area (TPSA) is 68.1 Å². The molecule has 2 aromatic rings. The van der Waals surface area contributed by atoms with Gasteiger partial charge in [-0.2, -0.15) is 0 Å². The summed E-state index contributed by atoms with van der Waals surface area (Å²) in [6, 6.07) is 3.58. The molecule has 2 aromatic heterocycles. The summed E-state index contributed by atoms with van der Waals surface area (Å²) < 4.78 is 0. The Labute approximate surface area is 125 Å². The average molecular weight is 312 g/mol. The van der Waals surface area contributed by atoms with E-state index in [0.29, 0.717) is 5.69 Å². The fourth-order valence-electron chi connectivity index (χ4n) is 1.87. The number of hydrogen-bond donors (Lipinski definition) is 1. The molecule has 0 saturated heterocycles. The number of halogens is 1. The van der Waals surface area contributed by atoms with Crippen LogP contribution in [0.3, 0.4) is 0 Å². The molecule has 106 valence electrons. The maximum Gasteiger partial charge on any atom is 0.310 e. The van der Waals surface area contributed by atoms with Crippen LogP contribution in [0.15, 0.2) is 29.9 Å². The lowest BCUT2D eigenvalue weighted by Crippen LogP contribution is -2.21. The van der Waals surface area contributed by atoms with Crippen molar-refractivity contribution >= 4 is 34.3 Å². The fraction of sp³-hybridized carbons (Fsp3) is 0.308. The molecule has 0 aromatic carbocycles. The molecule has 2 rings (SSSR count). The molecule has 0 amide bonds. The zero-order valence-electron chi connectivity index (χ0n) is 10.9. The SMILES string of the molecule is CCC(Cc1sccc1Cl)Nc1ccncc1[N+](=O)[O-]. The molecule has 0 aliphatic rings. The minimum atomic E-state index is -0.430. The molecule has 0 saturated carbocycles. The average Bonchev–Trinajstić information content (AvgIpc) is 2.84. The normalized spacial score (nSPS) is 12.1. The number of nitrogens with zero attached hydrogens (tertiary/aromatic N) is 2. The van der Waals surface area contributed by atoms with Gasteiger partial charge in [-0.25, -0.2) is 0 Å². The Morgan fingerprint density at radius 3 is 2.95 bits per heavy atom. The van der Waals surface area contributed by atoms with Crippen molar-refractivity contribution in [3.63, 3.8) is 0 Å². The van der Waals surface area contributed by atoms with Gasteiger partial charge in [0.1, 0.15) is 11.9 Å². The third-order valence-electron chi connectivity index (χ3n) is 2.97. The van der Waals surface area contributed by atoms with E-state index in [2.05, 4.69) is 10.3 Å². The van der Waals surface area contributed by atoms with Crippen LogP contribution < -0.4 is 5.32 Å². The number of aromatic nitrogens is 1. The zero-order chi connectivity index (χ0) is 14.5. The molecular weight excluding hydrogens is 298 g/mol. The highest BCUT2D eigenvalue weighted by atomic mass is 35.5. The molecule has 20 heavy (non-hydrogen) atoms. The number of anilines is 1. The van der Waals surface area contributed by atoms with Gasteiger partial charge in [-0.3, -0.25) is 15.1 Å². The van der Waals surface area contributed by atoms with E-state index in [4.69, 9.17) is 11.6 Å². The van der Waals surface area contributed by atoms with Gasteiger partial charge >= 0.3 is 5.69 Å². The van der Waals surface area contributed by atoms with Gasteiger partial charge in [-0.1, -0.05) is 18.5 Å². The van der Waals surface area contributed by atoms with E-state index in [0.717, 1.165) is 22.7 Å². The van der Waals surface area contributed by atoms with Crippen molar-refractivity contribution in [2.45, 2.75) is 25.8 Å². The molecule has 0 fully saturated rings. The Hall–Kier alpha value is -1.66. The second-order valence-corrected chi connectivity index (χ2v) is 5.70. The molecule has 1 N–H and O–H groups in total. The van der Waals surface area contributed by atoms with Gasteiger partial charge in [-0.15, -0.1) is 11.3 Å². The van der Waals surface area contributed by atoms with Gasteiger partial charge < -0.3 is 5.32 Å². The highest BCUT2D eigenvalue weighted by molar-refractivity contribution is 7.10. The molecule has 0 spiro atoms. The highest BCUT2D eigenvalue weighted by Crippen LogP contribution is 2.27. The third-order valence-corrected chi connectivity index (χ3v) is 4.38. The molecule has 2 heterocycles. The lowest BCUT2D eigenvalue weighted by atomic mass is 10.1. The molecule has 7 heteroatoms. The minimum absolute atomic E-state index is 0.0109. The van der Waals surface area contributed by atoms with Crippen LogP contribution >= 0.6 is 22.9 Å². The van der Waals surface area contributed by atoms with Crippen LogP contribution in [0.5, 0.6) is 0 Å². The Morgan fingerprint density at radius 1 is 1.55 bits per heavy atom. The van der Waals surface area contributed by atoms with Crippen LogP contribution in [0.2, 0.25) is 5.02 Å². The Bertz CT molecular complexity index is 603. The summed E-state index contributed by atoms with van der Waals surface area (Å²) >= 11 is 7.69. The molecule has 0 radical (unpaired) electrons. The van der Waals surface area contributed by atoms with Crippen molar-refractivity contribution < 1.29 is 4.92 Å². The number of hydrogen-bond acceptors (Lipinski definition) is 5. The predicted octanol–water partition coefficient (Wildman–Crippen LogP) is 4.14. The maximum absolute atomic E-state index is 11.0. The fourth-order valence-corrected chi connectivity index (χ4v) is 3.06. The van der Waals surface area contributed by atoms with Crippen molar-refractivity contribution in [1.82, 2.24) is 4.98 Å². The quantitative estimate of drug-likeness (QED) is 0.643. The van der Waals surface area contributed by atoms with E-state index in [1.165, 1.54) is 6.20 Å². The lowest BCUT2D eigenvalue weighted by Gasteiger charge is -2.17. The van der Waals surface area contributed by atoms with Crippen molar-refractivity contribution in [2.24, 2.45) is 0 Å². The van der Waals surface area contributed by atoms with Crippen LogP contribution in [0, 0.1) is 10.1 Å². The molecular formula is C13H14ClN3O2S. The van der Waals surface area contributed by atoms with E-state index >= 15 is 0 Å². The molecule has 5 nitrogen and oxygen atoms in total. The highest BCUT2D eigenvalue weighted by Gasteiger charge is 2.17. The zero-order valence-corrected chi connectivity index (χ0v) is 12.4. The number of nitrogens with one attached hydrogen (secondary N) is 1. The van der Waals surface area contributed by atoms with Crippen LogP contribution in [0.1, 0.15) is 18.2 Å². The van der Waals surface area contributed by atoms with E-state index < -0.39 is 4.92 Å². The first-order valence-corrected chi connectivity index (χ1v) is 7.44. The Kier molecular flexibility index (Phi) is 4.92. The first-order chi connectivity index (χ1) is 9.61. The number of nitro groups is 1. The minimum Gasteiger partial charge on any atom is -0.376 e. The summed E-state index contributed by atoms with van der Waals surface area (Å²) in [5.41, 5.74) is 0.479. The van der Waals surface area contributed by atoms with E-state index in [1.807, 2.05) is 18.4 Å². The van der Waals surface area contributed by atoms with Crippen LogP contribution in [-0.2, 0) is 6.42 Å². The molecule has 1 atom stereocenters. The first kappa shape index (κ1) is 14.7. The molecule has 0 bridgehead atoms. The van der Waals surface area contributed by atoms with E-state index in [1.54, 1.807) is 23.6 Å². The predicted molar refractivity (Wildman–Crippen MR) is 81.6 cm³/mol. The van der Waals surface area contributed by atoms with Gasteiger partial charge in [0.2, 0.25) is 0 Å². The van der Waals surface area contributed by atoms with E-state index in [9.17, 15) is 10.1 Å². The number of pyridine rings is 1. The summed E-state index contributed by atoms with van der Waals surface area (Å²) in [6.07, 6.45) is 4.38. The molecule has 0 aliphatic carbocycles. The summed E-state index contributed by atoms with van der Waals surface area (Å²) in [5.74, 6) is 0. The number of thiophene rings is 1. The first-order valence-electron chi connectivity index (χ1n) is 6.18. The third kappa shape index (κ3) is 3.46. The van der Waals surface area contributed by atoms with Gasteiger partial charge in [-0.05, 0) is 23.9 Å². The summed E-state index contributed by atoms with van der Waals surface area (Å²) in [6.45, 7) is 2.03. The Balaban J connectivity index is 2.15. The van der Waals surface area contributed by atoms with Crippen molar-refractivity contribution in [2.75, 3.05) is 5.32 Å². The molecule has 1 unspecified atom stereocenters. The Morgan fingerprint density at radius 2 is 2.35 bits per heavy atom. The summed E-state index contributed by atoms with van der Waals surface area (Å²) in [5, 5.41) is 16.9. The van der Waals surface area contributed by atoms with Gasteiger partial charge in [0, 0.05) is 23.5 Å². The van der Waals surface area contributed by atoms with E-state index in [-0.39, 0.29) is 11.7 Å². The summed E-state index contributed by atoms with van der Waals surface area (Å²) in [7, 11) is 0. The maximum atomic E-state index is 11.0. The molecule has 0 aliphatic heterocycles. The summed E-state index contributed by atoms with van der Waals surface area (Å²) in [4.78, 5) is 15.4. The second-order valence-electron chi connectivity index (χ2n) is 4.30. The smallest absolute Gasteiger partial charge is 0.310 e. The number of rotatable bonds is 6. The lowest BCUT2D eigenvalue weighted by molar-refractivity contribution is -0.384. The van der Waals surface area contributed by atoms with Crippen LogP contribution in [-0.4, -0.2) is 15.9 Å². The standard InChI is InChI=1S/C13H14ClN3O2S/c1-2-9(7-13-10(14)4-6-20-13)16-11-3-5-15-8-12(11)17(18)19/h3-6,8-9H,2,7H2,1H3,(H,15,16). The largest absolute Gasteiger partial charge is 0.376 e. The van der Waals surface area contributed by atoms with Crippen molar-refractivity contribution in [3.05, 3.63) is 49.9 Å². The van der Waals surface area contributed by atoms with Crippen LogP contribution in [0.25, 0.3) is 0 Å². The van der Waals surface area contributed by atoms with Gasteiger partial charge in [0.25, 0.3) is 0 Å². The van der Waals surface area contributed by atoms with Crippen molar-refractivity contribution in [1.29, 1.82) is 0 Å². The van der Waals surface area contributed by atoms with Gasteiger partial charge in [0.15, 0.2) is 0 Å². The second kappa shape index (κ2) is 6.67. The van der Waals surface area contributed by atoms with Gasteiger partial charge in [0.05, 0.1) is 9.95 Å². The van der Waals surface area contributed by atoms with Crippen LogP contribution in [0.4, 0.5) is 11.4 Å².